The number of piperidine rings is 1. The van der Waals surface area contributed by atoms with Crippen LogP contribution in [-0.4, -0.2) is 68.0 Å². The zero-order valence-electron chi connectivity index (χ0n) is 22.6. The van der Waals surface area contributed by atoms with E-state index in [2.05, 4.69) is 36.6 Å². The molecule has 0 radical (unpaired) electrons. The Hall–Kier alpha value is -3.84. The monoisotopic (exact) mass is 623 g/mol. The van der Waals surface area contributed by atoms with E-state index in [1.165, 1.54) is 11.6 Å². The molecule has 2 aromatic heterocycles. The van der Waals surface area contributed by atoms with Crippen molar-refractivity contribution >= 4 is 56.3 Å². The number of carbonyl (C=O) groups excluding carboxylic acids is 4. The summed E-state index contributed by atoms with van der Waals surface area (Å²) in [6.07, 6.45) is 2.49. The van der Waals surface area contributed by atoms with Crippen LogP contribution in [0.1, 0.15) is 48.7 Å². The zero-order chi connectivity index (χ0) is 29.1. The minimum atomic E-state index is -0.718. The second kappa shape index (κ2) is 10.2. The third-order valence-electron chi connectivity index (χ3n) is 8.17. The van der Waals surface area contributed by atoms with Gasteiger partial charge in [-0.3, -0.25) is 19.1 Å². The van der Waals surface area contributed by atoms with Crippen molar-refractivity contribution in [1.29, 1.82) is 0 Å². The number of halogens is 1. The maximum atomic E-state index is 13.8. The van der Waals surface area contributed by atoms with E-state index in [1.54, 1.807) is 29.2 Å². The number of benzene rings is 1. The Morgan fingerprint density at radius 2 is 1.95 bits per heavy atom. The predicted octanol–water partition coefficient (Wildman–Crippen LogP) is 2.91. The number of hydrogen-bond donors (Lipinski definition) is 3. The number of nitrogens with one attached hydrogen (secondary N) is 2. The fourth-order valence-corrected chi connectivity index (χ4v) is 5.99. The van der Waals surface area contributed by atoms with Gasteiger partial charge in [0.2, 0.25) is 11.8 Å². The number of Topliss-reactive ketones (excluding diaryl/α,β-unsaturated/α-hetero) is 1. The van der Waals surface area contributed by atoms with Crippen molar-refractivity contribution in [3.8, 4) is 5.75 Å². The van der Waals surface area contributed by atoms with Crippen LogP contribution in [0.3, 0.4) is 0 Å². The van der Waals surface area contributed by atoms with Gasteiger partial charge in [0.1, 0.15) is 34.5 Å². The summed E-state index contributed by atoms with van der Waals surface area (Å²) in [5.41, 5.74) is 7.29. The summed E-state index contributed by atoms with van der Waals surface area (Å²) in [6.45, 7) is 3.42. The van der Waals surface area contributed by atoms with Crippen molar-refractivity contribution in [1.82, 2.24) is 25.0 Å². The molecule has 3 aromatic rings. The number of ketones is 1. The van der Waals surface area contributed by atoms with E-state index in [-0.39, 0.29) is 53.1 Å². The lowest BCUT2D eigenvalue weighted by molar-refractivity contribution is -0.138. The first-order valence-electron chi connectivity index (χ1n) is 13.5. The number of likely N-dealkylation sites (tertiary alicyclic amines) is 1. The largest absolute Gasteiger partial charge is 0.412 e. The Kier molecular flexibility index (Phi) is 6.81. The molecule has 41 heavy (non-hydrogen) atoms. The van der Waals surface area contributed by atoms with Gasteiger partial charge < -0.3 is 26.0 Å². The normalized spacial score (nSPS) is 22.8. The molecular formula is C28H30BrN7O5. The second-order valence-corrected chi connectivity index (χ2v) is 12.0. The van der Waals surface area contributed by atoms with Crippen LogP contribution in [0.4, 0.5) is 10.6 Å². The average Bonchev–Trinajstić information content (AvgIpc) is 3.82. The lowest BCUT2D eigenvalue weighted by Crippen LogP contribution is -2.47. The molecule has 6 rings (SSSR count). The van der Waals surface area contributed by atoms with Crippen molar-refractivity contribution < 1.29 is 23.9 Å². The third kappa shape index (κ3) is 5.19. The van der Waals surface area contributed by atoms with Gasteiger partial charge in [0.15, 0.2) is 5.78 Å². The number of nitrogens with zero attached hydrogens (tertiary/aromatic N) is 4. The number of rotatable bonds is 8. The predicted molar refractivity (Wildman–Crippen MR) is 152 cm³/mol. The number of hydrogen-bond acceptors (Lipinski definition) is 8. The van der Waals surface area contributed by atoms with Crippen LogP contribution in [0.25, 0.3) is 10.9 Å². The number of carbonyl (C=O) groups is 4. The second-order valence-electron chi connectivity index (χ2n) is 11.1. The first kappa shape index (κ1) is 27.3. The minimum Gasteiger partial charge on any atom is -0.410 e. The van der Waals surface area contributed by atoms with Gasteiger partial charge in [-0.1, -0.05) is 6.07 Å². The number of aryl methyl sites for hydroxylation is 1. The number of anilines is 1. The van der Waals surface area contributed by atoms with Crippen molar-refractivity contribution in [2.24, 2.45) is 11.1 Å². The minimum absolute atomic E-state index is 0.142. The smallest absolute Gasteiger partial charge is 0.410 e. The van der Waals surface area contributed by atoms with Crippen LogP contribution in [0.5, 0.6) is 5.75 Å². The molecule has 1 saturated heterocycles. The number of fused-ring (bicyclic) bond motifs is 2. The molecule has 3 heterocycles. The molecule has 13 heteroatoms. The van der Waals surface area contributed by atoms with Gasteiger partial charge in [0.05, 0.1) is 5.52 Å². The molecule has 0 spiro atoms. The Morgan fingerprint density at radius 3 is 2.66 bits per heavy atom. The van der Waals surface area contributed by atoms with Crippen LogP contribution in [0, 0.1) is 12.3 Å². The Bertz CT molecular complexity index is 1600. The van der Waals surface area contributed by atoms with Gasteiger partial charge in [0.25, 0.3) is 0 Å². The molecule has 1 aliphatic heterocycles. The summed E-state index contributed by atoms with van der Waals surface area (Å²) < 4.78 is 7.44. The number of ether oxygens (including phenoxy) is 1. The van der Waals surface area contributed by atoms with Gasteiger partial charge in [-0.2, -0.15) is 5.10 Å². The molecule has 3 fully saturated rings. The van der Waals surface area contributed by atoms with Crippen molar-refractivity contribution in [3.05, 3.63) is 46.2 Å². The first-order chi connectivity index (χ1) is 19.6. The van der Waals surface area contributed by atoms with E-state index >= 15 is 0 Å². The average molecular weight is 624 g/mol. The third-order valence-corrected chi connectivity index (χ3v) is 8.61. The highest BCUT2D eigenvalue weighted by molar-refractivity contribution is 9.10. The first-order valence-corrected chi connectivity index (χ1v) is 14.3. The van der Waals surface area contributed by atoms with E-state index in [0.29, 0.717) is 34.3 Å². The SMILES string of the molecule is CC(=O)c1nn(CC(=O)N2[C@H](C(=O)Nc3nc(Br)ccc3C)C[C@@]3(CN)C[C@@H]23)c2ccc(OC(=O)NC3CC3)cc12. The van der Waals surface area contributed by atoms with Crippen LogP contribution >= 0.6 is 15.9 Å². The molecule has 3 aliphatic rings. The summed E-state index contributed by atoms with van der Waals surface area (Å²) in [6, 6.07) is 7.75. The molecule has 2 aliphatic carbocycles. The molecule has 12 nitrogen and oxygen atoms in total. The van der Waals surface area contributed by atoms with Crippen molar-refractivity contribution in [3.63, 3.8) is 0 Å². The highest BCUT2D eigenvalue weighted by Gasteiger charge is 2.66. The highest BCUT2D eigenvalue weighted by atomic mass is 79.9. The van der Waals surface area contributed by atoms with Crippen LogP contribution in [-0.2, 0) is 16.1 Å². The van der Waals surface area contributed by atoms with E-state index < -0.39 is 12.1 Å². The Balaban J connectivity index is 1.25. The van der Waals surface area contributed by atoms with Gasteiger partial charge in [-0.05, 0) is 78.4 Å². The molecule has 0 bridgehead atoms. The fraction of sp³-hybridized carbons (Fsp3) is 0.429. The number of aromatic nitrogens is 3. The number of pyridine rings is 1. The topological polar surface area (TPSA) is 162 Å². The molecule has 2 saturated carbocycles. The van der Waals surface area contributed by atoms with Crippen LogP contribution in [0.2, 0.25) is 0 Å². The van der Waals surface area contributed by atoms with Crippen molar-refractivity contribution in [2.45, 2.75) is 64.2 Å². The Morgan fingerprint density at radius 1 is 1.17 bits per heavy atom. The Labute approximate surface area is 244 Å². The summed E-state index contributed by atoms with van der Waals surface area (Å²) in [4.78, 5) is 57.8. The van der Waals surface area contributed by atoms with E-state index in [1.807, 2.05) is 13.0 Å². The maximum absolute atomic E-state index is 13.8. The highest BCUT2D eigenvalue weighted by Crippen LogP contribution is 2.59. The van der Waals surface area contributed by atoms with E-state index in [4.69, 9.17) is 10.5 Å². The molecule has 3 atom stereocenters. The van der Waals surface area contributed by atoms with Gasteiger partial charge in [0, 0.05) is 36.4 Å². The van der Waals surface area contributed by atoms with Gasteiger partial charge >= 0.3 is 6.09 Å². The number of nitrogens with two attached hydrogens (primary N) is 1. The maximum Gasteiger partial charge on any atom is 0.412 e. The zero-order valence-corrected chi connectivity index (χ0v) is 24.2. The van der Waals surface area contributed by atoms with Gasteiger partial charge in [-0.25, -0.2) is 9.78 Å². The quantitative estimate of drug-likeness (QED) is 0.255. The summed E-state index contributed by atoms with van der Waals surface area (Å²) >= 11 is 3.33. The van der Waals surface area contributed by atoms with Gasteiger partial charge in [-0.15, -0.1) is 0 Å². The standard InChI is InChI=1S/C28H30BrN7O5/c1-14-3-8-22(29)32-25(14)33-26(39)20-10-28(13-30)11-21(28)36(20)23(38)12-35-19-7-6-17(41-27(40)31-16-4-5-16)9-18(19)24(34-35)15(2)37/h3,6-9,16,20-21H,4-5,10-13,30H2,1-2H3,(H,31,40)(H,32,33,39)/t20-,21+,28-/m0/s1. The summed E-state index contributed by atoms with van der Waals surface area (Å²) in [5, 5.41) is 10.5. The van der Waals surface area contributed by atoms with E-state index in [0.717, 1.165) is 24.8 Å². The lowest BCUT2D eigenvalue weighted by Gasteiger charge is -2.27. The molecule has 0 unspecified atom stereocenters. The molecule has 1 aromatic carbocycles. The summed E-state index contributed by atoms with van der Waals surface area (Å²) in [5.74, 6) is -0.228. The van der Waals surface area contributed by atoms with E-state index in [9.17, 15) is 19.2 Å². The molecular weight excluding hydrogens is 594 g/mol. The van der Waals surface area contributed by atoms with Crippen LogP contribution < -0.4 is 21.1 Å². The summed E-state index contributed by atoms with van der Waals surface area (Å²) in [7, 11) is 0. The number of amides is 3. The molecule has 214 valence electrons. The molecule has 3 amide bonds. The fourth-order valence-electron chi connectivity index (χ4n) is 5.68. The molecule has 4 N–H and O–H groups in total. The van der Waals surface area contributed by atoms with Crippen molar-refractivity contribution in [2.75, 3.05) is 11.9 Å². The van der Waals surface area contributed by atoms with Crippen LogP contribution in [0.15, 0.2) is 34.9 Å². The lowest BCUT2D eigenvalue weighted by atomic mass is 9.99.